The summed E-state index contributed by atoms with van der Waals surface area (Å²) in [6, 6.07) is -1.33. The van der Waals surface area contributed by atoms with Gasteiger partial charge in [-0.15, -0.1) is 0 Å². The molecule has 1 aliphatic rings. The maximum absolute atomic E-state index is 12.0. The number of hydrogen-bond donors (Lipinski definition) is 3. The number of carboxylic acid groups (broad SMARTS) is 1. The first-order valence-corrected chi connectivity index (χ1v) is 7.20. The van der Waals surface area contributed by atoms with Crippen LogP contribution in [0.1, 0.15) is 46.0 Å². The number of amides is 2. The van der Waals surface area contributed by atoms with Crippen molar-refractivity contribution in [3.8, 4) is 0 Å². The lowest BCUT2D eigenvalue weighted by Gasteiger charge is -2.29. The number of rotatable bonds is 6. The van der Waals surface area contributed by atoms with Gasteiger partial charge in [0, 0.05) is 7.05 Å². The molecule has 0 aromatic rings. The Kier molecular flexibility index (Phi) is 5.80. The summed E-state index contributed by atoms with van der Waals surface area (Å²) in [5.74, 6) is -0.847. The SMILES string of the molecule is CC(C)CC(NC(=O)N(C)CC1(O)CCCC1)C(=O)O. The minimum atomic E-state index is -1.03. The van der Waals surface area contributed by atoms with Gasteiger partial charge in [0.2, 0.25) is 0 Å². The molecule has 20 heavy (non-hydrogen) atoms. The van der Waals surface area contributed by atoms with Gasteiger partial charge >= 0.3 is 12.0 Å². The molecule has 0 aromatic heterocycles. The molecule has 116 valence electrons. The number of urea groups is 1. The third-order valence-electron chi connectivity index (χ3n) is 3.72. The molecule has 1 fully saturated rings. The first-order valence-electron chi connectivity index (χ1n) is 7.20. The molecule has 1 rings (SSSR count). The van der Waals surface area contributed by atoms with E-state index in [1.807, 2.05) is 13.8 Å². The fourth-order valence-electron chi connectivity index (χ4n) is 2.66. The number of likely N-dealkylation sites (N-methyl/N-ethyl adjacent to an activating group) is 1. The van der Waals surface area contributed by atoms with E-state index in [1.165, 1.54) is 4.90 Å². The first-order chi connectivity index (χ1) is 9.23. The molecule has 0 radical (unpaired) electrons. The van der Waals surface area contributed by atoms with E-state index in [0.29, 0.717) is 19.3 Å². The maximum atomic E-state index is 12.0. The smallest absolute Gasteiger partial charge is 0.326 e. The van der Waals surface area contributed by atoms with Crippen molar-refractivity contribution in [1.29, 1.82) is 0 Å². The summed E-state index contributed by atoms with van der Waals surface area (Å²) >= 11 is 0. The van der Waals surface area contributed by atoms with E-state index in [9.17, 15) is 14.7 Å². The van der Waals surface area contributed by atoms with Gasteiger partial charge in [-0.2, -0.15) is 0 Å². The summed E-state index contributed by atoms with van der Waals surface area (Å²) in [7, 11) is 1.58. The molecule has 0 spiro atoms. The quantitative estimate of drug-likeness (QED) is 0.689. The van der Waals surface area contributed by atoms with Gasteiger partial charge in [-0.05, 0) is 25.2 Å². The minimum absolute atomic E-state index is 0.181. The van der Waals surface area contributed by atoms with Crippen LogP contribution in [-0.2, 0) is 4.79 Å². The van der Waals surface area contributed by atoms with Crippen LogP contribution in [0.3, 0.4) is 0 Å². The van der Waals surface area contributed by atoms with Crippen molar-refractivity contribution in [2.75, 3.05) is 13.6 Å². The highest BCUT2D eigenvalue weighted by Gasteiger charge is 2.34. The highest BCUT2D eigenvalue weighted by Crippen LogP contribution is 2.29. The van der Waals surface area contributed by atoms with Gasteiger partial charge in [-0.1, -0.05) is 26.7 Å². The largest absolute Gasteiger partial charge is 0.480 e. The second kappa shape index (κ2) is 6.92. The van der Waals surface area contributed by atoms with E-state index in [-0.39, 0.29) is 12.5 Å². The Morgan fingerprint density at radius 3 is 2.30 bits per heavy atom. The van der Waals surface area contributed by atoms with Crippen molar-refractivity contribution in [3.05, 3.63) is 0 Å². The van der Waals surface area contributed by atoms with E-state index in [2.05, 4.69) is 5.32 Å². The van der Waals surface area contributed by atoms with Crippen LogP contribution in [0, 0.1) is 5.92 Å². The molecular weight excluding hydrogens is 260 g/mol. The molecule has 1 aliphatic carbocycles. The lowest BCUT2D eigenvalue weighted by atomic mass is 10.0. The molecule has 0 bridgehead atoms. The summed E-state index contributed by atoms with van der Waals surface area (Å²) in [4.78, 5) is 24.5. The van der Waals surface area contributed by atoms with Crippen molar-refractivity contribution in [2.24, 2.45) is 5.92 Å². The van der Waals surface area contributed by atoms with Crippen LogP contribution < -0.4 is 5.32 Å². The number of carboxylic acids is 1. The minimum Gasteiger partial charge on any atom is -0.480 e. The molecule has 0 heterocycles. The van der Waals surface area contributed by atoms with Gasteiger partial charge in [-0.25, -0.2) is 9.59 Å². The van der Waals surface area contributed by atoms with E-state index < -0.39 is 23.6 Å². The molecule has 0 saturated heterocycles. The Bertz CT molecular complexity index is 351. The number of aliphatic carboxylic acids is 1. The van der Waals surface area contributed by atoms with Crippen molar-refractivity contribution in [1.82, 2.24) is 10.2 Å². The van der Waals surface area contributed by atoms with Crippen LogP contribution in [0.25, 0.3) is 0 Å². The van der Waals surface area contributed by atoms with Crippen LogP contribution in [0.5, 0.6) is 0 Å². The number of nitrogens with zero attached hydrogens (tertiary/aromatic N) is 1. The van der Waals surface area contributed by atoms with Gasteiger partial charge in [0.05, 0.1) is 12.1 Å². The summed E-state index contributed by atoms with van der Waals surface area (Å²) in [6.07, 6.45) is 3.71. The Hall–Kier alpha value is -1.30. The average molecular weight is 286 g/mol. The molecule has 3 N–H and O–H groups in total. The topological polar surface area (TPSA) is 89.9 Å². The molecule has 1 atom stereocenters. The molecule has 0 aromatic carbocycles. The van der Waals surface area contributed by atoms with Gasteiger partial charge in [0.1, 0.15) is 6.04 Å². The standard InChI is InChI=1S/C14H26N2O4/c1-10(2)8-11(12(17)18)15-13(19)16(3)9-14(20)6-4-5-7-14/h10-11,20H,4-9H2,1-3H3,(H,15,19)(H,17,18). The zero-order valence-corrected chi connectivity index (χ0v) is 12.6. The number of carbonyl (C=O) groups is 2. The van der Waals surface area contributed by atoms with E-state index in [1.54, 1.807) is 7.05 Å². The van der Waals surface area contributed by atoms with Crippen molar-refractivity contribution in [3.63, 3.8) is 0 Å². The third kappa shape index (κ3) is 5.00. The van der Waals surface area contributed by atoms with Crippen LogP contribution in [-0.4, -0.2) is 52.3 Å². The van der Waals surface area contributed by atoms with E-state index >= 15 is 0 Å². The number of hydrogen-bond acceptors (Lipinski definition) is 3. The van der Waals surface area contributed by atoms with Crippen molar-refractivity contribution < 1.29 is 19.8 Å². The first kappa shape index (κ1) is 16.8. The molecule has 6 heteroatoms. The van der Waals surface area contributed by atoms with Crippen LogP contribution in [0.2, 0.25) is 0 Å². The Labute approximate surface area is 120 Å². The Balaban J connectivity index is 2.52. The second-order valence-corrected chi connectivity index (χ2v) is 6.26. The van der Waals surface area contributed by atoms with Gasteiger partial charge < -0.3 is 20.4 Å². The monoisotopic (exact) mass is 286 g/mol. The van der Waals surface area contributed by atoms with E-state index in [4.69, 9.17) is 5.11 Å². The van der Waals surface area contributed by atoms with Crippen molar-refractivity contribution in [2.45, 2.75) is 57.6 Å². The number of nitrogens with one attached hydrogen (secondary N) is 1. The Morgan fingerprint density at radius 2 is 1.85 bits per heavy atom. The predicted molar refractivity (Wildman–Crippen MR) is 75.5 cm³/mol. The lowest BCUT2D eigenvalue weighted by molar-refractivity contribution is -0.139. The Morgan fingerprint density at radius 1 is 1.30 bits per heavy atom. The molecule has 0 aliphatic heterocycles. The lowest BCUT2D eigenvalue weighted by Crippen LogP contribution is -2.51. The highest BCUT2D eigenvalue weighted by atomic mass is 16.4. The number of aliphatic hydroxyl groups is 1. The fourth-order valence-corrected chi connectivity index (χ4v) is 2.66. The normalized spacial score (nSPS) is 18.9. The van der Waals surface area contributed by atoms with Crippen LogP contribution >= 0.6 is 0 Å². The zero-order chi connectivity index (χ0) is 15.3. The second-order valence-electron chi connectivity index (χ2n) is 6.26. The maximum Gasteiger partial charge on any atom is 0.326 e. The molecule has 1 unspecified atom stereocenters. The predicted octanol–water partition coefficient (Wildman–Crippen LogP) is 1.43. The van der Waals surface area contributed by atoms with Crippen LogP contribution in [0.15, 0.2) is 0 Å². The fraction of sp³-hybridized carbons (Fsp3) is 0.857. The average Bonchev–Trinajstić information content (AvgIpc) is 2.73. The summed E-state index contributed by atoms with van der Waals surface area (Å²) in [5, 5.41) is 21.9. The van der Waals surface area contributed by atoms with Gasteiger partial charge in [-0.3, -0.25) is 0 Å². The van der Waals surface area contributed by atoms with E-state index in [0.717, 1.165) is 12.8 Å². The van der Waals surface area contributed by atoms with Gasteiger partial charge in [0.15, 0.2) is 0 Å². The summed E-state index contributed by atoms with van der Waals surface area (Å²) < 4.78 is 0. The van der Waals surface area contributed by atoms with Crippen LogP contribution in [0.4, 0.5) is 4.79 Å². The molecule has 6 nitrogen and oxygen atoms in total. The molecule has 2 amide bonds. The third-order valence-corrected chi connectivity index (χ3v) is 3.72. The summed E-state index contributed by atoms with van der Waals surface area (Å²) in [6.45, 7) is 4.06. The number of carbonyl (C=O) groups excluding carboxylic acids is 1. The molecule has 1 saturated carbocycles. The highest BCUT2D eigenvalue weighted by molar-refractivity contribution is 5.82. The zero-order valence-electron chi connectivity index (χ0n) is 12.6. The summed E-state index contributed by atoms with van der Waals surface area (Å²) in [5.41, 5.74) is -0.817. The molecular formula is C14H26N2O4. The van der Waals surface area contributed by atoms with Gasteiger partial charge in [0.25, 0.3) is 0 Å². The van der Waals surface area contributed by atoms with Crippen molar-refractivity contribution >= 4 is 12.0 Å².